The second-order valence-corrected chi connectivity index (χ2v) is 7.49. The number of hydrogen-bond acceptors (Lipinski definition) is 5. The number of aliphatic hydroxyl groups excluding tert-OH is 1. The van der Waals surface area contributed by atoms with Crippen LogP contribution in [0.15, 0.2) is 23.2 Å². The molecule has 7 heteroatoms. The Labute approximate surface area is 168 Å². The van der Waals surface area contributed by atoms with Gasteiger partial charge in [-0.1, -0.05) is 0 Å². The number of aliphatic imine (C=N–C) groups is 1. The second kappa shape index (κ2) is 9.98. The summed E-state index contributed by atoms with van der Waals surface area (Å²) in [7, 11) is 3.22. The van der Waals surface area contributed by atoms with Crippen LogP contribution in [-0.2, 0) is 0 Å². The van der Waals surface area contributed by atoms with Crippen LogP contribution < -0.4 is 14.8 Å². The molecule has 2 atom stereocenters. The Hall–Kier alpha value is -1.99. The van der Waals surface area contributed by atoms with Gasteiger partial charge >= 0.3 is 0 Å². The minimum Gasteiger partial charge on any atom is -0.497 e. The van der Waals surface area contributed by atoms with Gasteiger partial charge in [0.25, 0.3) is 0 Å². The molecule has 2 saturated heterocycles. The topological polar surface area (TPSA) is 69.6 Å². The fraction of sp³-hybridized carbons (Fsp3) is 0.667. The maximum Gasteiger partial charge on any atom is 0.194 e. The summed E-state index contributed by atoms with van der Waals surface area (Å²) < 4.78 is 10.6. The van der Waals surface area contributed by atoms with Crippen molar-refractivity contribution in [3.63, 3.8) is 0 Å². The fourth-order valence-corrected chi connectivity index (χ4v) is 4.06. The summed E-state index contributed by atoms with van der Waals surface area (Å²) in [5, 5.41) is 14.1. The van der Waals surface area contributed by atoms with Crippen LogP contribution in [0.25, 0.3) is 0 Å². The lowest BCUT2D eigenvalue weighted by Gasteiger charge is -2.25. The minimum atomic E-state index is -0.713. The maximum absolute atomic E-state index is 10.7. The number of guanidine groups is 1. The van der Waals surface area contributed by atoms with Gasteiger partial charge in [0, 0.05) is 31.7 Å². The largest absolute Gasteiger partial charge is 0.497 e. The summed E-state index contributed by atoms with van der Waals surface area (Å²) in [4.78, 5) is 9.66. The molecular formula is C21H34N4O3. The van der Waals surface area contributed by atoms with Crippen molar-refractivity contribution in [3.05, 3.63) is 23.8 Å². The lowest BCUT2D eigenvalue weighted by Crippen LogP contribution is -2.43. The third kappa shape index (κ3) is 5.08. The number of methoxy groups -OCH3 is 2. The number of hydrogen-bond donors (Lipinski definition) is 2. The third-order valence-corrected chi connectivity index (χ3v) is 5.63. The highest BCUT2D eigenvalue weighted by Gasteiger charge is 2.30. The molecule has 2 N–H and O–H groups in total. The zero-order chi connectivity index (χ0) is 19.9. The summed E-state index contributed by atoms with van der Waals surface area (Å²) in [6.45, 7) is 7.65. The molecule has 28 heavy (non-hydrogen) atoms. The van der Waals surface area contributed by atoms with Crippen molar-refractivity contribution in [3.8, 4) is 11.5 Å². The Morgan fingerprint density at radius 2 is 1.86 bits per heavy atom. The van der Waals surface area contributed by atoms with E-state index in [1.54, 1.807) is 20.3 Å². The van der Waals surface area contributed by atoms with Gasteiger partial charge in [0.05, 0.1) is 26.9 Å². The number of benzene rings is 1. The van der Waals surface area contributed by atoms with Gasteiger partial charge in [0.2, 0.25) is 0 Å². The molecular weight excluding hydrogens is 356 g/mol. The quantitative estimate of drug-likeness (QED) is 0.547. The Morgan fingerprint density at radius 3 is 2.46 bits per heavy atom. The fourth-order valence-electron chi connectivity index (χ4n) is 4.06. The lowest BCUT2D eigenvalue weighted by molar-refractivity contribution is 0.185. The molecule has 3 rings (SSSR count). The van der Waals surface area contributed by atoms with E-state index in [9.17, 15) is 5.11 Å². The summed E-state index contributed by atoms with van der Waals surface area (Å²) in [5.41, 5.74) is 0.743. The highest BCUT2D eigenvalue weighted by molar-refractivity contribution is 5.80. The molecule has 2 heterocycles. The third-order valence-electron chi connectivity index (χ3n) is 5.63. The van der Waals surface area contributed by atoms with E-state index in [1.807, 2.05) is 12.1 Å². The predicted molar refractivity (Wildman–Crippen MR) is 111 cm³/mol. The molecule has 1 aromatic carbocycles. The van der Waals surface area contributed by atoms with Crippen molar-refractivity contribution < 1.29 is 14.6 Å². The average molecular weight is 391 g/mol. The van der Waals surface area contributed by atoms with Crippen LogP contribution in [0.2, 0.25) is 0 Å². The van der Waals surface area contributed by atoms with E-state index in [2.05, 4.69) is 22.0 Å². The molecule has 0 radical (unpaired) electrons. The first-order valence-corrected chi connectivity index (χ1v) is 10.3. The smallest absolute Gasteiger partial charge is 0.194 e. The van der Waals surface area contributed by atoms with Crippen molar-refractivity contribution in [2.45, 2.75) is 38.3 Å². The number of ether oxygens (including phenoxy) is 2. The molecule has 156 valence electrons. The predicted octanol–water partition coefficient (Wildman–Crippen LogP) is 1.87. The van der Waals surface area contributed by atoms with Gasteiger partial charge in [-0.15, -0.1) is 0 Å². The molecule has 0 spiro atoms. The monoisotopic (exact) mass is 390 g/mol. The Bertz CT molecular complexity index is 639. The van der Waals surface area contributed by atoms with Crippen LogP contribution in [0.4, 0.5) is 0 Å². The SMILES string of the molecule is CCNC(=NCC(O)c1cc(OC)cc(OC)c1)N1CCC(N2CCCC2)C1. The zero-order valence-corrected chi connectivity index (χ0v) is 17.4. The highest BCUT2D eigenvalue weighted by Crippen LogP contribution is 2.27. The first kappa shape index (κ1) is 20.7. The maximum atomic E-state index is 10.7. The summed E-state index contributed by atoms with van der Waals surface area (Å²) >= 11 is 0. The van der Waals surface area contributed by atoms with Gasteiger partial charge in [0.1, 0.15) is 11.5 Å². The van der Waals surface area contributed by atoms with E-state index in [0.29, 0.717) is 24.1 Å². The second-order valence-electron chi connectivity index (χ2n) is 7.49. The normalized spacial score (nSPS) is 21.8. The van der Waals surface area contributed by atoms with Crippen molar-refractivity contribution >= 4 is 5.96 Å². The van der Waals surface area contributed by atoms with E-state index in [4.69, 9.17) is 14.5 Å². The first-order valence-electron chi connectivity index (χ1n) is 10.3. The summed E-state index contributed by atoms with van der Waals surface area (Å²) in [6, 6.07) is 6.08. The number of rotatable bonds is 7. The molecule has 2 unspecified atom stereocenters. The van der Waals surface area contributed by atoms with Crippen LogP contribution in [0.1, 0.15) is 37.9 Å². The standard InChI is InChI=1S/C21H34N4O3/c1-4-22-21(25-10-7-17(15-25)24-8-5-6-9-24)23-14-20(26)16-11-18(27-2)13-19(12-16)28-3/h11-13,17,20,26H,4-10,14-15H2,1-3H3,(H,22,23). The molecule has 0 aromatic heterocycles. The Kier molecular flexibility index (Phi) is 7.39. The number of aliphatic hydroxyl groups is 1. The van der Waals surface area contributed by atoms with Crippen molar-refractivity contribution in [1.29, 1.82) is 0 Å². The van der Waals surface area contributed by atoms with Gasteiger partial charge in [0.15, 0.2) is 5.96 Å². The van der Waals surface area contributed by atoms with E-state index in [0.717, 1.165) is 31.2 Å². The number of nitrogens with one attached hydrogen (secondary N) is 1. The molecule has 2 fully saturated rings. The average Bonchev–Trinajstić information content (AvgIpc) is 3.42. The van der Waals surface area contributed by atoms with Crippen LogP contribution in [0.5, 0.6) is 11.5 Å². The summed E-state index contributed by atoms with van der Waals surface area (Å²) in [6.07, 6.45) is 3.11. The molecule has 7 nitrogen and oxygen atoms in total. The van der Waals surface area contributed by atoms with Gasteiger partial charge in [-0.25, -0.2) is 0 Å². The summed E-state index contributed by atoms with van der Waals surface area (Å²) in [5.74, 6) is 2.22. The van der Waals surface area contributed by atoms with Crippen LogP contribution in [0.3, 0.4) is 0 Å². The van der Waals surface area contributed by atoms with Crippen LogP contribution in [-0.4, -0.2) is 80.4 Å². The van der Waals surface area contributed by atoms with Crippen LogP contribution in [0, 0.1) is 0 Å². The first-order chi connectivity index (χ1) is 13.6. The van der Waals surface area contributed by atoms with Crippen molar-refractivity contribution in [2.24, 2.45) is 4.99 Å². The van der Waals surface area contributed by atoms with Crippen molar-refractivity contribution in [1.82, 2.24) is 15.1 Å². The van der Waals surface area contributed by atoms with Crippen molar-refractivity contribution in [2.75, 3.05) is 53.5 Å². The number of nitrogens with zero attached hydrogens (tertiary/aromatic N) is 3. The number of likely N-dealkylation sites (tertiary alicyclic amines) is 2. The minimum absolute atomic E-state index is 0.295. The molecule has 2 aliphatic heterocycles. The highest BCUT2D eigenvalue weighted by atomic mass is 16.5. The molecule has 0 bridgehead atoms. The van der Waals surface area contributed by atoms with E-state index < -0.39 is 6.10 Å². The molecule has 0 aliphatic carbocycles. The van der Waals surface area contributed by atoms with E-state index >= 15 is 0 Å². The van der Waals surface area contributed by atoms with Gasteiger partial charge in [-0.2, -0.15) is 0 Å². The van der Waals surface area contributed by atoms with E-state index in [-0.39, 0.29) is 0 Å². The zero-order valence-electron chi connectivity index (χ0n) is 17.4. The molecule has 0 amide bonds. The van der Waals surface area contributed by atoms with Gasteiger partial charge < -0.3 is 24.8 Å². The molecule has 0 saturated carbocycles. The molecule has 2 aliphatic rings. The molecule has 1 aromatic rings. The van der Waals surface area contributed by atoms with Gasteiger partial charge in [-0.05, 0) is 57.0 Å². The Balaban J connectivity index is 1.65. The lowest BCUT2D eigenvalue weighted by atomic mass is 10.1. The van der Waals surface area contributed by atoms with Crippen LogP contribution >= 0.6 is 0 Å². The Morgan fingerprint density at radius 1 is 1.18 bits per heavy atom. The van der Waals surface area contributed by atoms with E-state index in [1.165, 1.54) is 32.4 Å². The van der Waals surface area contributed by atoms with Gasteiger partial charge in [-0.3, -0.25) is 9.89 Å².